The van der Waals surface area contributed by atoms with Crippen LogP contribution in [0.5, 0.6) is 0 Å². The standard InChI is InChI=1S/C16H26O3Si/c1-5-16(14-15-12-10-9-11-13-15)20(17-6-2,18-7-3)19-8-4/h9-14H,5-8H2,1-4H3. The zero-order valence-corrected chi connectivity index (χ0v) is 14.0. The van der Waals surface area contributed by atoms with Crippen molar-refractivity contribution in [2.45, 2.75) is 34.1 Å². The average molecular weight is 294 g/mol. The van der Waals surface area contributed by atoms with E-state index >= 15 is 0 Å². The number of rotatable bonds is 9. The van der Waals surface area contributed by atoms with Gasteiger partial charge in [-0.1, -0.05) is 43.3 Å². The maximum absolute atomic E-state index is 5.96. The highest BCUT2D eigenvalue weighted by atomic mass is 28.4. The van der Waals surface area contributed by atoms with Crippen LogP contribution >= 0.6 is 0 Å². The van der Waals surface area contributed by atoms with Crippen molar-refractivity contribution in [3.8, 4) is 0 Å². The van der Waals surface area contributed by atoms with E-state index in [-0.39, 0.29) is 0 Å². The molecule has 0 N–H and O–H groups in total. The Hall–Kier alpha value is -0.943. The summed E-state index contributed by atoms with van der Waals surface area (Å²) in [7, 11) is -2.75. The van der Waals surface area contributed by atoms with Crippen molar-refractivity contribution in [1.82, 2.24) is 0 Å². The first-order valence-electron chi connectivity index (χ1n) is 7.40. The van der Waals surface area contributed by atoms with Crippen LogP contribution in [0.3, 0.4) is 0 Å². The van der Waals surface area contributed by atoms with Crippen molar-refractivity contribution < 1.29 is 13.3 Å². The Morgan fingerprint density at radius 3 is 1.80 bits per heavy atom. The van der Waals surface area contributed by atoms with E-state index in [1.165, 1.54) is 0 Å². The van der Waals surface area contributed by atoms with Crippen molar-refractivity contribution in [3.05, 3.63) is 41.1 Å². The van der Waals surface area contributed by atoms with E-state index in [0.717, 1.165) is 17.2 Å². The summed E-state index contributed by atoms with van der Waals surface area (Å²) in [5.41, 5.74) is 1.15. The third-order valence-corrected chi connectivity index (χ3v) is 6.21. The Morgan fingerprint density at radius 1 is 0.900 bits per heavy atom. The zero-order valence-electron chi connectivity index (χ0n) is 13.0. The van der Waals surface area contributed by atoms with E-state index in [1.54, 1.807) is 0 Å². The summed E-state index contributed by atoms with van der Waals surface area (Å²) in [4.78, 5) is 0. The molecule has 0 heterocycles. The fourth-order valence-corrected chi connectivity index (χ4v) is 4.85. The van der Waals surface area contributed by atoms with Crippen molar-refractivity contribution >= 4 is 14.9 Å². The molecule has 0 spiro atoms. The third-order valence-electron chi connectivity index (χ3n) is 2.92. The molecule has 0 aliphatic rings. The van der Waals surface area contributed by atoms with Crippen molar-refractivity contribution in [2.24, 2.45) is 0 Å². The van der Waals surface area contributed by atoms with Crippen LogP contribution in [0, 0.1) is 0 Å². The smallest absolute Gasteiger partial charge is 0.370 e. The largest absolute Gasteiger partial charge is 0.532 e. The van der Waals surface area contributed by atoms with Gasteiger partial charge in [0.15, 0.2) is 0 Å². The molecule has 0 fully saturated rings. The van der Waals surface area contributed by atoms with E-state index in [2.05, 4.69) is 25.1 Å². The van der Waals surface area contributed by atoms with Gasteiger partial charge in [0.2, 0.25) is 0 Å². The highest BCUT2D eigenvalue weighted by molar-refractivity contribution is 6.69. The van der Waals surface area contributed by atoms with E-state index in [1.807, 2.05) is 39.0 Å². The lowest BCUT2D eigenvalue weighted by Crippen LogP contribution is -2.48. The molecule has 0 unspecified atom stereocenters. The second-order valence-corrected chi connectivity index (χ2v) is 6.91. The molecule has 0 aromatic heterocycles. The fourth-order valence-electron chi connectivity index (χ4n) is 2.13. The monoisotopic (exact) mass is 294 g/mol. The van der Waals surface area contributed by atoms with Crippen LogP contribution in [0.25, 0.3) is 6.08 Å². The van der Waals surface area contributed by atoms with Crippen LogP contribution in [0.4, 0.5) is 0 Å². The minimum Gasteiger partial charge on any atom is -0.370 e. The molecule has 0 saturated heterocycles. The van der Waals surface area contributed by atoms with Gasteiger partial charge >= 0.3 is 8.80 Å². The van der Waals surface area contributed by atoms with Gasteiger partial charge in [0.25, 0.3) is 0 Å². The molecule has 0 aliphatic carbocycles. The Balaban J connectivity index is 3.15. The Kier molecular flexibility index (Phi) is 7.77. The molecule has 0 radical (unpaired) electrons. The van der Waals surface area contributed by atoms with Crippen LogP contribution in [0.15, 0.2) is 35.5 Å². The van der Waals surface area contributed by atoms with Crippen molar-refractivity contribution in [3.63, 3.8) is 0 Å². The molecule has 0 amide bonds. The number of hydrogen-bond acceptors (Lipinski definition) is 3. The van der Waals surface area contributed by atoms with Gasteiger partial charge in [0, 0.05) is 25.0 Å². The second-order valence-electron chi connectivity index (χ2n) is 4.29. The van der Waals surface area contributed by atoms with Crippen LogP contribution in [0.2, 0.25) is 0 Å². The molecule has 0 aliphatic heterocycles. The van der Waals surface area contributed by atoms with Gasteiger partial charge < -0.3 is 13.3 Å². The van der Waals surface area contributed by atoms with Gasteiger partial charge in [-0.25, -0.2) is 0 Å². The number of benzene rings is 1. The zero-order chi connectivity index (χ0) is 14.8. The first-order chi connectivity index (χ1) is 9.72. The SMILES string of the molecule is CCO[Si](OCC)(OCC)C(=Cc1ccccc1)CC. The van der Waals surface area contributed by atoms with Gasteiger partial charge in [-0.05, 0) is 32.8 Å². The van der Waals surface area contributed by atoms with Crippen LogP contribution in [-0.4, -0.2) is 28.6 Å². The maximum Gasteiger partial charge on any atom is 0.532 e. The van der Waals surface area contributed by atoms with Gasteiger partial charge in [-0.3, -0.25) is 0 Å². The van der Waals surface area contributed by atoms with Crippen LogP contribution in [0.1, 0.15) is 39.7 Å². The Bertz CT molecular complexity index is 386. The summed E-state index contributed by atoms with van der Waals surface area (Å²) < 4.78 is 17.9. The quantitative estimate of drug-likeness (QED) is 0.643. The number of allylic oxidation sites excluding steroid dienone is 1. The van der Waals surface area contributed by atoms with Gasteiger partial charge in [-0.2, -0.15) is 0 Å². The molecule has 4 heteroatoms. The molecule has 1 aromatic carbocycles. The minimum absolute atomic E-state index is 0.596. The highest BCUT2D eigenvalue weighted by Gasteiger charge is 2.44. The summed E-state index contributed by atoms with van der Waals surface area (Å²) in [5, 5.41) is 1.13. The van der Waals surface area contributed by atoms with E-state index in [9.17, 15) is 0 Å². The molecule has 3 nitrogen and oxygen atoms in total. The first-order valence-corrected chi connectivity index (χ1v) is 9.12. The molecule has 1 rings (SSSR count). The molecule has 20 heavy (non-hydrogen) atoms. The van der Waals surface area contributed by atoms with Crippen LogP contribution < -0.4 is 0 Å². The van der Waals surface area contributed by atoms with Crippen molar-refractivity contribution in [1.29, 1.82) is 0 Å². The summed E-state index contributed by atoms with van der Waals surface area (Å²) in [6.07, 6.45) is 3.01. The minimum atomic E-state index is -2.75. The predicted octanol–water partition coefficient (Wildman–Crippen LogP) is 4.07. The fraction of sp³-hybridized carbons (Fsp3) is 0.500. The lowest BCUT2D eigenvalue weighted by atomic mass is 10.2. The molecule has 0 bridgehead atoms. The first kappa shape index (κ1) is 17.1. The second kappa shape index (κ2) is 9.08. The molecular formula is C16H26O3Si. The lowest BCUT2D eigenvalue weighted by Gasteiger charge is -2.30. The third kappa shape index (κ3) is 4.56. The maximum atomic E-state index is 5.96. The summed E-state index contributed by atoms with van der Waals surface area (Å²) in [5.74, 6) is 0. The highest BCUT2D eigenvalue weighted by Crippen LogP contribution is 2.25. The molecular weight excluding hydrogens is 268 g/mol. The Labute approximate surface area is 123 Å². The molecule has 112 valence electrons. The summed E-state index contributed by atoms with van der Waals surface area (Å²) >= 11 is 0. The normalized spacial score (nSPS) is 12.7. The predicted molar refractivity (Wildman–Crippen MR) is 85.3 cm³/mol. The van der Waals surface area contributed by atoms with E-state index in [0.29, 0.717) is 19.8 Å². The van der Waals surface area contributed by atoms with Crippen molar-refractivity contribution in [2.75, 3.05) is 19.8 Å². The van der Waals surface area contributed by atoms with E-state index in [4.69, 9.17) is 13.3 Å². The molecule has 0 saturated carbocycles. The lowest BCUT2D eigenvalue weighted by molar-refractivity contribution is 0.0803. The molecule has 1 aromatic rings. The number of hydrogen-bond donors (Lipinski definition) is 0. The van der Waals surface area contributed by atoms with Gasteiger partial charge in [0.1, 0.15) is 0 Å². The van der Waals surface area contributed by atoms with Gasteiger partial charge in [0.05, 0.1) is 0 Å². The Morgan fingerprint density at radius 2 is 1.40 bits per heavy atom. The average Bonchev–Trinajstić information content (AvgIpc) is 2.46. The van der Waals surface area contributed by atoms with Gasteiger partial charge in [-0.15, -0.1) is 0 Å². The van der Waals surface area contributed by atoms with E-state index < -0.39 is 8.80 Å². The summed E-state index contributed by atoms with van der Waals surface area (Å²) in [6.45, 7) is 9.85. The topological polar surface area (TPSA) is 27.7 Å². The molecule has 0 atom stereocenters. The summed E-state index contributed by atoms with van der Waals surface area (Å²) in [6, 6.07) is 10.2. The van der Waals surface area contributed by atoms with Crippen LogP contribution in [-0.2, 0) is 13.3 Å².